The number of aromatic nitrogens is 3. The largest absolute Gasteiger partial charge is 0.350 e. The molecule has 0 atom stereocenters. The molecule has 2 aromatic rings. The molecule has 19 heavy (non-hydrogen) atoms. The summed E-state index contributed by atoms with van der Waals surface area (Å²) in [5.41, 5.74) is 1.57. The van der Waals surface area contributed by atoms with Crippen molar-refractivity contribution in [1.82, 2.24) is 20.3 Å². The molecular formula is C13H16N4OS. The molecule has 1 amide bonds. The predicted molar refractivity (Wildman–Crippen MR) is 73.8 cm³/mol. The molecule has 2 heterocycles. The van der Waals surface area contributed by atoms with Gasteiger partial charge < -0.3 is 5.32 Å². The standard InChI is InChI=1S/C13H16N4OS/c1-9(2)13-17-11(8-19-13)7-16-12(18)5-10-6-14-3-4-15-10/h3-4,6,8-9H,5,7H2,1-2H3,(H,16,18). The second-order valence-corrected chi connectivity index (χ2v) is 5.37. The lowest BCUT2D eigenvalue weighted by Gasteiger charge is -2.02. The molecule has 0 aromatic carbocycles. The summed E-state index contributed by atoms with van der Waals surface area (Å²) in [5.74, 6) is 0.355. The minimum atomic E-state index is -0.0698. The van der Waals surface area contributed by atoms with E-state index in [9.17, 15) is 4.79 Å². The van der Waals surface area contributed by atoms with Gasteiger partial charge in [-0.05, 0) is 0 Å². The average molecular weight is 276 g/mol. The Morgan fingerprint density at radius 2 is 2.21 bits per heavy atom. The van der Waals surface area contributed by atoms with E-state index in [1.165, 1.54) is 0 Å². The van der Waals surface area contributed by atoms with E-state index >= 15 is 0 Å². The lowest BCUT2D eigenvalue weighted by molar-refractivity contribution is -0.120. The molecule has 2 aromatic heterocycles. The maximum atomic E-state index is 11.7. The van der Waals surface area contributed by atoms with E-state index in [0.29, 0.717) is 18.2 Å². The van der Waals surface area contributed by atoms with Crippen LogP contribution in [0, 0.1) is 0 Å². The minimum Gasteiger partial charge on any atom is -0.350 e. The maximum Gasteiger partial charge on any atom is 0.226 e. The summed E-state index contributed by atoms with van der Waals surface area (Å²) >= 11 is 1.63. The van der Waals surface area contributed by atoms with Gasteiger partial charge in [0.05, 0.1) is 29.4 Å². The van der Waals surface area contributed by atoms with Gasteiger partial charge in [0.15, 0.2) is 0 Å². The topological polar surface area (TPSA) is 67.8 Å². The first-order chi connectivity index (χ1) is 9.15. The number of carbonyl (C=O) groups is 1. The maximum absolute atomic E-state index is 11.7. The molecule has 0 saturated carbocycles. The third-order valence-electron chi connectivity index (χ3n) is 2.49. The summed E-state index contributed by atoms with van der Waals surface area (Å²) in [6.07, 6.45) is 5.01. The zero-order chi connectivity index (χ0) is 13.7. The van der Waals surface area contributed by atoms with Crippen LogP contribution in [0.3, 0.4) is 0 Å². The fourth-order valence-electron chi connectivity index (χ4n) is 1.51. The molecule has 6 heteroatoms. The molecule has 0 fully saturated rings. The van der Waals surface area contributed by atoms with Gasteiger partial charge in [-0.2, -0.15) is 0 Å². The van der Waals surface area contributed by atoms with E-state index in [0.717, 1.165) is 10.7 Å². The van der Waals surface area contributed by atoms with Crippen LogP contribution in [-0.4, -0.2) is 20.9 Å². The van der Waals surface area contributed by atoms with Crippen molar-refractivity contribution in [2.75, 3.05) is 0 Å². The van der Waals surface area contributed by atoms with E-state index in [-0.39, 0.29) is 12.3 Å². The number of amides is 1. The van der Waals surface area contributed by atoms with Gasteiger partial charge in [-0.15, -0.1) is 11.3 Å². The van der Waals surface area contributed by atoms with Crippen molar-refractivity contribution in [3.05, 3.63) is 40.4 Å². The molecule has 1 N–H and O–H groups in total. The van der Waals surface area contributed by atoms with Crippen molar-refractivity contribution in [3.63, 3.8) is 0 Å². The van der Waals surface area contributed by atoms with Gasteiger partial charge in [-0.3, -0.25) is 14.8 Å². The van der Waals surface area contributed by atoms with Gasteiger partial charge in [0.2, 0.25) is 5.91 Å². The number of rotatable bonds is 5. The Balaban J connectivity index is 1.83. The van der Waals surface area contributed by atoms with Gasteiger partial charge in [-0.25, -0.2) is 4.98 Å². The highest BCUT2D eigenvalue weighted by Crippen LogP contribution is 2.18. The van der Waals surface area contributed by atoms with E-state index < -0.39 is 0 Å². The summed E-state index contributed by atoms with van der Waals surface area (Å²) in [4.78, 5) is 24.2. The summed E-state index contributed by atoms with van der Waals surface area (Å²) in [6.45, 7) is 4.67. The van der Waals surface area contributed by atoms with Crippen molar-refractivity contribution in [2.45, 2.75) is 32.7 Å². The molecule has 0 bridgehead atoms. The molecular weight excluding hydrogens is 260 g/mol. The molecule has 0 aliphatic rings. The first-order valence-electron chi connectivity index (χ1n) is 6.11. The smallest absolute Gasteiger partial charge is 0.226 e. The van der Waals surface area contributed by atoms with E-state index in [1.807, 2.05) is 5.38 Å². The Morgan fingerprint density at radius 3 is 2.84 bits per heavy atom. The summed E-state index contributed by atoms with van der Waals surface area (Å²) < 4.78 is 0. The Labute approximate surface area is 116 Å². The van der Waals surface area contributed by atoms with Crippen LogP contribution in [0.5, 0.6) is 0 Å². The summed E-state index contributed by atoms with van der Waals surface area (Å²) in [6, 6.07) is 0. The molecule has 0 aliphatic carbocycles. The van der Waals surface area contributed by atoms with Gasteiger partial charge >= 0.3 is 0 Å². The number of hydrogen-bond donors (Lipinski definition) is 1. The van der Waals surface area contributed by atoms with Crippen LogP contribution in [0.1, 0.15) is 36.2 Å². The van der Waals surface area contributed by atoms with Crippen LogP contribution < -0.4 is 5.32 Å². The highest BCUT2D eigenvalue weighted by Gasteiger charge is 2.08. The SMILES string of the molecule is CC(C)c1nc(CNC(=O)Cc2cnccn2)cs1. The monoisotopic (exact) mass is 276 g/mol. The summed E-state index contributed by atoms with van der Waals surface area (Å²) in [7, 11) is 0. The van der Waals surface area contributed by atoms with E-state index in [1.54, 1.807) is 29.9 Å². The van der Waals surface area contributed by atoms with Gasteiger partial charge in [-0.1, -0.05) is 13.8 Å². The number of thiazole rings is 1. The van der Waals surface area contributed by atoms with Gasteiger partial charge in [0, 0.05) is 29.9 Å². The molecule has 100 valence electrons. The number of nitrogens with one attached hydrogen (secondary N) is 1. The first-order valence-corrected chi connectivity index (χ1v) is 6.99. The molecule has 5 nitrogen and oxygen atoms in total. The highest BCUT2D eigenvalue weighted by atomic mass is 32.1. The lowest BCUT2D eigenvalue weighted by atomic mass is 10.2. The minimum absolute atomic E-state index is 0.0698. The Hall–Kier alpha value is -1.82. The van der Waals surface area contributed by atoms with E-state index in [4.69, 9.17) is 0 Å². The highest BCUT2D eigenvalue weighted by molar-refractivity contribution is 7.09. The molecule has 0 spiro atoms. The Kier molecular flexibility index (Phi) is 4.57. The summed E-state index contributed by atoms with van der Waals surface area (Å²) in [5, 5.41) is 5.92. The average Bonchev–Trinajstić information content (AvgIpc) is 2.86. The number of nitrogens with zero attached hydrogens (tertiary/aromatic N) is 3. The van der Waals surface area contributed by atoms with Crippen LogP contribution in [0.2, 0.25) is 0 Å². The molecule has 2 rings (SSSR count). The Morgan fingerprint density at radius 1 is 1.37 bits per heavy atom. The van der Waals surface area contributed by atoms with Crippen molar-refractivity contribution in [1.29, 1.82) is 0 Å². The third-order valence-corrected chi connectivity index (χ3v) is 3.68. The normalized spacial score (nSPS) is 10.7. The molecule has 0 radical (unpaired) electrons. The van der Waals surface area contributed by atoms with E-state index in [2.05, 4.69) is 34.1 Å². The second-order valence-electron chi connectivity index (χ2n) is 4.48. The zero-order valence-electron chi connectivity index (χ0n) is 11.0. The molecule has 0 unspecified atom stereocenters. The van der Waals surface area contributed by atoms with Crippen molar-refractivity contribution < 1.29 is 4.79 Å². The van der Waals surface area contributed by atoms with Crippen LogP contribution >= 0.6 is 11.3 Å². The number of carbonyl (C=O) groups excluding carboxylic acids is 1. The van der Waals surface area contributed by atoms with Crippen LogP contribution in [-0.2, 0) is 17.8 Å². The van der Waals surface area contributed by atoms with Crippen molar-refractivity contribution in [3.8, 4) is 0 Å². The Bertz CT molecular complexity index is 539. The van der Waals surface area contributed by atoms with Gasteiger partial charge in [0.1, 0.15) is 0 Å². The fourth-order valence-corrected chi connectivity index (χ4v) is 2.34. The third kappa shape index (κ3) is 4.10. The predicted octanol–water partition coefficient (Wildman–Crippen LogP) is 1.92. The van der Waals surface area contributed by atoms with Crippen LogP contribution in [0.15, 0.2) is 24.0 Å². The molecule has 0 saturated heterocycles. The zero-order valence-corrected chi connectivity index (χ0v) is 11.8. The van der Waals surface area contributed by atoms with Gasteiger partial charge in [0.25, 0.3) is 0 Å². The second kappa shape index (κ2) is 6.38. The quantitative estimate of drug-likeness (QED) is 0.906. The van der Waals surface area contributed by atoms with Crippen molar-refractivity contribution in [2.24, 2.45) is 0 Å². The first kappa shape index (κ1) is 13.6. The van der Waals surface area contributed by atoms with Crippen LogP contribution in [0.4, 0.5) is 0 Å². The molecule has 0 aliphatic heterocycles. The van der Waals surface area contributed by atoms with Crippen molar-refractivity contribution >= 4 is 17.2 Å². The van der Waals surface area contributed by atoms with Crippen LogP contribution in [0.25, 0.3) is 0 Å². The fraction of sp³-hybridized carbons (Fsp3) is 0.385. The lowest BCUT2D eigenvalue weighted by Crippen LogP contribution is -2.25. The number of hydrogen-bond acceptors (Lipinski definition) is 5.